The highest BCUT2D eigenvalue weighted by Gasteiger charge is 2.16. The van der Waals surface area contributed by atoms with Gasteiger partial charge in [0.05, 0.1) is 16.9 Å². The summed E-state index contributed by atoms with van der Waals surface area (Å²) in [6.07, 6.45) is 0.555. The second-order valence-corrected chi connectivity index (χ2v) is 6.29. The van der Waals surface area contributed by atoms with E-state index in [-0.39, 0.29) is 17.3 Å². The minimum Gasteiger partial charge on any atom is -0.348 e. The summed E-state index contributed by atoms with van der Waals surface area (Å²) in [5.41, 5.74) is 4.15. The van der Waals surface area contributed by atoms with Crippen molar-refractivity contribution < 1.29 is 9.18 Å². The van der Waals surface area contributed by atoms with Gasteiger partial charge < -0.3 is 10.3 Å². The summed E-state index contributed by atoms with van der Waals surface area (Å²) in [4.78, 5) is 26.7. The maximum atomic E-state index is 13.1. The Morgan fingerprint density at radius 1 is 1.19 bits per heavy atom. The third kappa shape index (κ3) is 3.81. The summed E-state index contributed by atoms with van der Waals surface area (Å²) in [6, 6.07) is 8.97. The van der Waals surface area contributed by atoms with Gasteiger partial charge in [0.25, 0.3) is 5.91 Å². The molecule has 0 saturated heterocycles. The lowest BCUT2D eigenvalue weighted by atomic mass is 10.1. The van der Waals surface area contributed by atoms with Gasteiger partial charge in [-0.25, -0.2) is 9.07 Å². The summed E-state index contributed by atoms with van der Waals surface area (Å²) in [5.74, 6) is -0.558. The van der Waals surface area contributed by atoms with Gasteiger partial charge in [-0.15, -0.1) is 0 Å². The van der Waals surface area contributed by atoms with E-state index < -0.39 is 0 Å². The minimum atomic E-state index is -0.305. The number of aromatic nitrogens is 3. The van der Waals surface area contributed by atoms with Gasteiger partial charge in [0, 0.05) is 29.6 Å². The molecule has 0 aliphatic carbocycles. The van der Waals surface area contributed by atoms with Crippen LogP contribution in [0.4, 0.5) is 4.39 Å². The number of H-pyrrole nitrogens is 1. The van der Waals surface area contributed by atoms with E-state index in [0.29, 0.717) is 24.2 Å². The van der Waals surface area contributed by atoms with Crippen molar-refractivity contribution in [3.8, 4) is 5.69 Å². The van der Waals surface area contributed by atoms with Gasteiger partial charge in [0.1, 0.15) is 5.82 Å². The fourth-order valence-corrected chi connectivity index (χ4v) is 3.04. The van der Waals surface area contributed by atoms with Crippen molar-refractivity contribution >= 4 is 5.91 Å². The van der Waals surface area contributed by atoms with E-state index in [1.807, 2.05) is 20.8 Å². The van der Waals surface area contributed by atoms with E-state index in [4.69, 9.17) is 0 Å². The molecule has 0 bridgehead atoms. The van der Waals surface area contributed by atoms with Crippen molar-refractivity contribution in [1.82, 2.24) is 20.1 Å². The molecule has 0 aliphatic rings. The molecule has 0 radical (unpaired) electrons. The summed E-state index contributed by atoms with van der Waals surface area (Å²) in [5, 5.41) is 7.39. The lowest BCUT2D eigenvalue weighted by Gasteiger charge is -2.09. The molecule has 2 N–H and O–H groups in total. The van der Waals surface area contributed by atoms with Crippen LogP contribution in [-0.4, -0.2) is 20.7 Å². The van der Waals surface area contributed by atoms with Crippen LogP contribution in [0.2, 0.25) is 0 Å². The maximum absolute atomic E-state index is 13.1. The average molecular weight is 368 g/mol. The number of pyridine rings is 1. The number of rotatable bonds is 5. The molecular formula is C20H21FN4O2. The Morgan fingerprint density at radius 2 is 1.89 bits per heavy atom. The predicted molar refractivity (Wildman–Crippen MR) is 101 cm³/mol. The van der Waals surface area contributed by atoms with Gasteiger partial charge in [0.2, 0.25) is 5.56 Å². The SMILES string of the molecule is CCc1[nH]c(=O)ccc1C(=O)NCc1c(C)nn(-c2ccc(F)cc2)c1C. The van der Waals surface area contributed by atoms with Gasteiger partial charge in [-0.2, -0.15) is 5.10 Å². The zero-order valence-electron chi connectivity index (χ0n) is 15.5. The normalized spacial score (nSPS) is 10.8. The van der Waals surface area contributed by atoms with E-state index in [1.165, 1.54) is 24.3 Å². The largest absolute Gasteiger partial charge is 0.348 e. The van der Waals surface area contributed by atoms with Crippen LogP contribution in [0, 0.1) is 19.7 Å². The van der Waals surface area contributed by atoms with E-state index in [1.54, 1.807) is 16.8 Å². The molecule has 27 heavy (non-hydrogen) atoms. The Labute approximate surface area is 156 Å². The van der Waals surface area contributed by atoms with Crippen LogP contribution in [0.1, 0.15) is 39.9 Å². The molecule has 140 valence electrons. The van der Waals surface area contributed by atoms with Crippen LogP contribution in [-0.2, 0) is 13.0 Å². The fourth-order valence-electron chi connectivity index (χ4n) is 3.04. The molecule has 0 unspecified atom stereocenters. The molecule has 0 atom stereocenters. The topological polar surface area (TPSA) is 79.8 Å². The van der Waals surface area contributed by atoms with Crippen LogP contribution in [0.5, 0.6) is 0 Å². The molecule has 0 fully saturated rings. The molecule has 0 aliphatic heterocycles. The molecule has 3 rings (SSSR count). The first-order valence-corrected chi connectivity index (χ1v) is 8.72. The molecule has 6 nitrogen and oxygen atoms in total. The Balaban J connectivity index is 1.82. The zero-order chi connectivity index (χ0) is 19.6. The fraction of sp³-hybridized carbons (Fsp3) is 0.250. The van der Waals surface area contributed by atoms with Crippen molar-refractivity contribution in [2.75, 3.05) is 0 Å². The lowest BCUT2D eigenvalue weighted by molar-refractivity contribution is 0.0949. The lowest BCUT2D eigenvalue weighted by Crippen LogP contribution is -2.26. The smallest absolute Gasteiger partial charge is 0.253 e. The van der Waals surface area contributed by atoms with Crippen molar-refractivity contribution in [2.45, 2.75) is 33.7 Å². The molecule has 2 heterocycles. The second-order valence-electron chi connectivity index (χ2n) is 6.29. The van der Waals surface area contributed by atoms with Crippen LogP contribution in [0.3, 0.4) is 0 Å². The summed E-state index contributed by atoms with van der Waals surface area (Å²) < 4.78 is 14.9. The predicted octanol–water partition coefficient (Wildman–Crippen LogP) is 2.81. The van der Waals surface area contributed by atoms with Crippen LogP contribution >= 0.6 is 0 Å². The Morgan fingerprint density at radius 3 is 2.56 bits per heavy atom. The number of halogens is 1. The van der Waals surface area contributed by atoms with Crippen LogP contribution < -0.4 is 10.9 Å². The molecular weight excluding hydrogens is 347 g/mol. The summed E-state index contributed by atoms with van der Waals surface area (Å²) in [7, 11) is 0. The number of carbonyl (C=O) groups is 1. The number of nitrogens with zero attached hydrogens (tertiary/aromatic N) is 2. The molecule has 1 aromatic carbocycles. The van der Waals surface area contributed by atoms with E-state index in [2.05, 4.69) is 15.4 Å². The molecule has 1 amide bonds. The van der Waals surface area contributed by atoms with Gasteiger partial charge in [-0.3, -0.25) is 9.59 Å². The number of aryl methyl sites for hydroxylation is 2. The maximum Gasteiger partial charge on any atom is 0.253 e. The van der Waals surface area contributed by atoms with Gasteiger partial charge in [-0.1, -0.05) is 6.92 Å². The molecule has 0 saturated carbocycles. The highest BCUT2D eigenvalue weighted by molar-refractivity contribution is 5.95. The third-order valence-corrected chi connectivity index (χ3v) is 4.54. The van der Waals surface area contributed by atoms with Gasteiger partial charge >= 0.3 is 0 Å². The average Bonchev–Trinajstić information content (AvgIpc) is 2.94. The van der Waals surface area contributed by atoms with Gasteiger partial charge in [0.15, 0.2) is 0 Å². The van der Waals surface area contributed by atoms with E-state index >= 15 is 0 Å². The monoisotopic (exact) mass is 368 g/mol. The molecule has 3 aromatic rings. The highest BCUT2D eigenvalue weighted by Crippen LogP contribution is 2.18. The van der Waals surface area contributed by atoms with Crippen molar-refractivity contribution in [3.05, 3.63) is 80.8 Å². The quantitative estimate of drug-likeness (QED) is 0.727. The minimum absolute atomic E-state index is 0.226. The van der Waals surface area contributed by atoms with Crippen LogP contribution in [0.15, 0.2) is 41.2 Å². The standard InChI is InChI=1S/C20H21FN4O2/c1-4-18-16(9-10-19(26)23-18)20(27)22-11-17-12(2)24-25(13(17)3)15-7-5-14(21)6-8-15/h5-10H,4,11H2,1-3H3,(H,22,27)(H,23,26). The summed E-state index contributed by atoms with van der Waals surface area (Å²) in [6.45, 7) is 5.96. The van der Waals surface area contributed by atoms with E-state index in [9.17, 15) is 14.0 Å². The molecule has 7 heteroatoms. The number of amides is 1. The summed E-state index contributed by atoms with van der Waals surface area (Å²) >= 11 is 0. The Kier molecular flexibility index (Phi) is 5.21. The Bertz CT molecular complexity index is 1040. The first kappa shape index (κ1) is 18.6. The second kappa shape index (κ2) is 7.57. The third-order valence-electron chi connectivity index (χ3n) is 4.54. The van der Waals surface area contributed by atoms with Crippen molar-refractivity contribution in [1.29, 1.82) is 0 Å². The first-order chi connectivity index (χ1) is 12.9. The Hall–Kier alpha value is -3.22. The highest BCUT2D eigenvalue weighted by atomic mass is 19.1. The number of aromatic amines is 1. The number of hydrogen-bond acceptors (Lipinski definition) is 3. The van der Waals surface area contributed by atoms with E-state index in [0.717, 1.165) is 22.6 Å². The number of hydrogen-bond donors (Lipinski definition) is 2. The first-order valence-electron chi connectivity index (χ1n) is 8.72. The van der Waals surface area contributed by atoms with Crippen molar-refractivity contribution in [3.63, 3.8) is 0 Å². The zero-order valence-corrected chi connectivity index (χ0v) is 15.5. The number of carbonyl (C=O) groups excluding carboxylic acids is 1. The molecule has 2 aromatic heterocycles. The number of nitrogens with one attached hydrogen (secondary N) is 2. The van der Waals surface area contributed by atoms with Crippen molar-refractivity contribution in [2.24, 2.45) is 0 Å². The molecule has 0 spiro atoms. The van der Waals surface area contributed by atoms with Gasteiger partial charge in [-0.05, 0) is 50.6 Å². The number of benzene rings is 1. The van der Waals surface area contributed by atoms with Crippen LogP contribution in [0.25, 0.3) is 5.69 Å².